The topological polar surface area (TPSA) is 74.9 Å². The van der Waals surface area contributed by atoms with Gasteiger partial charge in [0.1, 0.15) is 11.6 Å². The molecule has 8 nitrogen and oxygen atoms in total. The Morgan fingerprint density at radius 2 is 1.84 bits per heavy atom. The number of carbonyl (C=O) groups excluding carboxylic acids is 1. The van der Waals surface area contributed by atoms with Crippen LogP contribution in [-0.4, -0.2) is 65.4 Å². The minimum Gasteiger partial charge on any atom is -0.459 e. The molecule has 9 heteroatoms. The van der Waals surface area contributed by atoms with E-state index in [1.165, 1.54) is 18.4 Å². The van der Waals surface area contributed by atoms with Crippen LogP contribution in [0.4, 0.5) is 10.3 Å². The SMILES string of the molecule is CN1CCN(c2nc3c(c(Oc4ccc(F)cc4)n2)CN(C(=O)c2ccco2)CC3)CC1. The second kappa shape index (κ2) is 8.58. The van der Waals surface area contributed by atoms with E-state index >= 15 is 0 Å². The van der Waals surface area contributed by atoms with E-state index in [0.29, 0.717) is 42.8 Å². The number of halogens is 1. The van der Waals surface area contributed by atoms with Gasteiger partial charge in [-0.15, -0.1) is 0 Å². The Morgan fingerprint density at radius 3 is 2.56 bits per heavy atom. The number of hydrogen-bond acceptors (Lipinski definition) is 7. The number of fused-ring (bicyclic) bond motifs is 1. The van der Waals surface area contributed by atoms with Crippen LogP contribution in [0.3, 0.4) is 0 Å². The fourth-order valence-corrected chi connectivity index (χ4v) is 3.95. The molecule has 1 saturated heterocycles. The van der Waals surface area contributed by atoms with Gasteiger partial charge in [0.25, 0.3) is 5.91 Å². The first kappa shape index (κ1) is 20.4. The summed E-state index contributed by atoms with van der Waals surface area (Å²) < 4.78 is 24.7. The molecular formula is C23H24FN5O3. The maximum atomic E-state index is 13.4. The molecule has 0 aliphatic carbocycles. The van der Waals surface area contributed by atoms with Crippen LogP contribution in [0.25, 0.3) is 0 Å². The van der Waals surface area contributed by atoms with E-state index in [-0.39, 0.29) is 11.7 Å². The van der Waals surface area contributed by atoms with E-state index < -0.39 is 0 Å². The summed E-state index contributed by atoms with van der Waals surface area (Å²) in [7, 11) is 2.10. The summed E-state index contributed by atoms with van der Waals surface area (Å²) in [6.07, 6.45) is 2.07. The molecule has 166 valence electrons. The van der Waals surface area contributed by atoms with E-state index in [9.17, 15) is 9.18 Å². The first-order chi connectivity index (χ1) is 15.6. The van der Waals surface area contributed by atoms with E-state index in [4.69, 9.17) is 19.1 Å². The predicted molar refractivity (Wildman–Crippen MR) is 115 cm³/mol. The third-order valence-corrected chi connectivity index (χ3v) is 5.84. The van der Waals surface area contributed by atoms with Crippen molar-refractivity contribution in [2.75, 3.05) is 44.7 Å². The van der Waals surface area contributed by atoms with Crippen LogP contribution in [0.5, 0.6) is 11.6 Å². The molecule has 0 saturated carbocycles. The number of anilines is 1. The van der Waals surface area contributed by atoms with Crippen LogP contribution in [0, 0.1) is 5.82 Å². The number of nitrogens with zero attached hydrogens (tertiary/aromatic N) is 5. The third-order valence-electron chi connectivity index (χ3n) is 5.84. The molecule has 2 aliphatic rings. The summed E-state index contributed by atoms with van der Waals surface area (Å²) in [5, 5.41) is 0. The van der Waals surface area contributed by atoms with Gasteiger partial charge in [-0.2, -0.15) is 4.98 Å². The number of ether oxygens (including phenoxy) is 1. The van der Waals surface area contributed by atoms with Gasteiger partial charge in [0.15, 0.2) is 5.76 Å². The zero-order valence-corrected chi connectivity index (χ0v) is 17.8. The van der Waals surface area contributed by atoms with E-state index in [2.05, 4.69) is 16.8 Å². The molecule has 4 heterocycles. The van der Waals surface area contributed by atoms with Crippen LogP contribution >= 0.6 is 0 Å². The molecule has 2 aromatic heterocycles. The van der Waals surface area contributed by atoms with Crippen LogP contribution in [0.2, 0.25) is 0 Å². The zero-order valence-electron chi connectivity index (χ0n) is 17.8. The molecule has 1 aromatic carbocycles. The van der Waals surface area contributed by atoms with Gasteiger partial charge >= 0.3 is 0 Å². The maximum Gasteiger partial charge on any atom is 0.289 e. The van der Waals surface area contributed by atoms with E-state index in [1.807, 2.05) is 0 Å². The molecule has 0 bridgehead atoms. The predicted octanol–water partition coefficient (Wildman–Crippen LogP) is 2.95. The summed E-state index contributed by atoms with van der Waals surface area (Å²) in [6.45, 7) is 4.36. The summed E-state index contributed by atoms with van der Waals surface area (Å²) in [6, 6.07) is 9.16. The van der Waals surface area contributed by atoms with Crippen LogP contribution in [-0.2, 0) is 13.0 Å². The fourth-order valence-electron chi connectivity index (χ4n) is 3.95. The quantitative estimate of drug-likeness (QED) is 0.621. The molecule has 0 N–H and O–H groups in total. The molecule has 0 spiro atoms. The monoisotopic (exact) mass is 437 g/mol. The summed E-state index contributed by atoms with van der Waals surface area (Å²) in [5.41, 5.74) is 1.63. The second-order valence-electron chi connectivity index (χ2n) is 8.05. The van der Waals surface area contributed by atoms with Crippen molar-refractivity contribution in [3.05, 3.63) is 65.5 Å². The smallest absolute Gasteiger partial charge is 0.289 e. The van der Waals surface area contributed by atoms with Crippen molar-refractivity contribution >= 4 is 11.9 Å². The average molecular weight is 437 g/mol. The Morgan fingerprint density at radius 1 is 1.06 bits per heavy atom. The summed E-state index contributed by atoms with van der Waals surface area (Å²) in [4.78, 5) is 28.5. The highest BCUT2D eigenvalue weighted by Gasteiger charge is 2.29. The lowest BCUT2D eigenvalue weighted by Gasteiger charge is -2.34. The van der Waals surface area contributed by atoms with Gasteiger partial charge in [-0.25, -0.2) is 9.37 Å². The lowest BCUT2D eigenvalue weighted by molar-refractivity contribution is 0.0699. The Hall–Kier alpha value is -3.46. The molecule has 1 amide bonds. The first-order valence-corrected chi connectivity index (χ1v) is 10.7. The zero-order chi connectivity index (χ0) is 22.1. The number of aromatic nitrogens is 2. The molecule has 3 aromatic rings. The van der Waals surface area contributed by atoms with Gasteiger partial charge in [-0.05, 0) is 43.4 Å². The third kappa shape index (κ3) is 4.16. The molecule has 0 atom stereocenters. The Bertz CT molecular complexity index is 1100. The number of benzene rings is 1. The highest BCUT2D eigenvalue weighted by atomic mass is 19.1. The Labute approximate surface area is 185 Å². The largest absolute Gasteiger partial charge is 0.459 e. The highest BCUT2D eigenvalue weighted by Crippen LogP contribution is 2.32. The normalized spacial score (nSPS) is 16.7. The molecule has 1 fully saturated rings. The van der Waals surface area contributed by atoms with E-state index in [1.54, 1.807) is 29.2 Å². The van der Waals surface area contributed by atoms with Crippen molar-refractivity contribution < 1.29 is 18.3 Å². The Balaban J connectivity index is 1.48. The minimum absolute atomic E-state index is 0.184. The van der Waals surface area contributed by atoms with Crippen LogP contribution in [0.15, 0.2) is 47.1 Å². The van der Waals surface area contributed by atoms with Gasteiger partial charge in [0, 0.05) is 39.1 Å². The van der Waals surface area contributed by atoms with Gasteiger partial charge in [-0.1, -0.05) is 0 Å². The molecule has 2 aliphatic heterocycles. The fraction of sp³-hybridized carbons (Fsp3) is 0.348. The van der Waals surface area contributed by atoms with Crippen molar-refractivity contribution in [2.45, 2.75) is 13.0 Å². The number of carbonyl (C=O) groups is 1. The van der Waals surface area contributed by atoms with Crippen LogP contribution in [0.1, 0.15) is 21.8 Å². The Kier molecular flexibility index (Phi) is 5.48. The summed E-state index contributed by atoms with van der Waals surface area (Å²) >= 11 is 0. The number of hydrogen-bond donors (Lipinski definition) is 0. The lowest BCUT2D eigenvalue weighted by atomic mass is 10.1. The van der Waals surface area contributed by atoms with Crippen molar-refractivity contribution in [1.29, 1.82) is 0 Å². The van der Waals surface area contributed by atoms with Gasteiger partial charge in [0.2, 0.25) is 11.8 Å². The molecule has 0 unspecified atom stereocenters. The van der Waals surface area contributed by atoms with Crippen molar-refractivity contribution in [3.63, 3.8) is 0 Å². The van der Waals surface area contributed by atoms with Crippen molar-refractivity contribution in [1.82, 2.24) is 19.8 Å². The standard InChI is InChI=1S/C23H24FN5O3/c1-27-10-12-28(13-11-27)23-25-19-8-9-29(22(30)20-3-2-14-31-20)15-18(19)21(26-23)32-17-6-4-16(24)5-7-17/h2-7,14H,8-13,15H2,1H3. The number of amides is 1. The van der Waals surface area contributed by atoms with Crippen LogP contribution < -0.4 is 9.64 Å². The highest BCUT2D eigenvalue weighted by molar-refractivity contribution is 5.91. The number of rotatable bonds is 4. The number of furan rings is 1. The molecular weight excluding hydrogens is 413 g/mol. The van der Waals surface area contributed by atoms with Gasteiger partial charge in [0.05, 0.1) is 24.1 Å². The molecule has 32 heavy (non-hydrogen) atoms. The maximum absolute atomic E-state index is 13.4. The minimum atomic E-state index is -0.338. The molecule has 0 radical (unpaired) electrons. The first-order valence-electron chi connectivity index (χ1n) is 10.7. The van der Waals surface area contributed by atoms with Gasteiger partial charge < -0.3 is 23.9 Å². The number of piperazine rings is 1. The van der Waals surface area contributed by atoms with E-state index in [0.717, 1.165) is 37.4 Å². The number of likely N-dealkylation sites (N-methyl/N-ethyl adjacent to an activating group) is 1. The average Bonchev–Trinajstić information content (AvgIpc) is 3.35. The van der Waals surface area contributed by atoms with Gasteiger partial charge in [-0.3, -0.25) is 4.79 Å². The van der Waals surface area contributed by atoms with Crippen molar-refractivity contribution in [2.24, 2.45) is 0 Å². The second-order valence-corrected chi connectivity index (χ2v) is 8.05. The van der Waals surface area contributed by atoms with Crippen molar-refractivity contribution in [3.8, 4) is 11.6 Å². The molecule has 5 rings (SSSR count). The lowest BCUT2D eigenvalue weighted by Crippen LogP contribution is -2.45. The summed E-state index contributed by atoms with van der Waals surface area (Å²) in [5.74, 6) is 1.27.